The Morgan fingerprint density at radius 2 is 1.67 bits per heavy atom. The molecule has 0 radical (unpaired) electrons. The molecule has 0 N–H and O–H groups in total. The molecule has 0 bridgehead atoms. The molecule has 2 rings (SSSR count). The van der Waals surface area contributed by atoms with Crippen molar-refractivity contribution in [1.29, 1.82) is 0 Å². The highest BCUT2D eigenvalue weighted by Crippen LogP contribution is 2.27. The minimum Gasteiger partial charge on any atom is -0.490 e. The van der Waals surface area contributed by atoms with Crippen LogP contribution in [-0.2, 0) is 10.0 Å². The maximum atomic E-state index is 12.0. The second kappa shape index (κ2) is 8.20. The molecule has 0 heterocycles. The van der Waals surface area contributed by atoms with E-state index in [4.69, 9.17) is 21.1 Å². The zero-order valence-corrected chi connectivity index (χ0v) is 16.4. The second-order valence-electron chi connectivity index (χ2n) is 5.03. The van der Waals surface area contributed by atoms with Crippen LogP contribution in [0.2, 0.25) is 5.02 Å². The molecule has 8 heteroatoms. The van der Waals surface area contributed by atoms with E-state index in [-0.39, 0.29) is 4.90 Å². The number of hydrogen-bond acceptors (Lipinski definition) is 4. The van der Waals surface area contributed by atoms with Crippen LogP contribution in [0.5, 0.6) is 11.5 Å². The molecule has 0 amide bonds. The molecule has 0 aliphatic carbocycles. The summed E-state index contributed by atoms with van der Waals surface area (Å²) in [6, 6.07) is 11.6. The summed E-state index contributed by atoms with van der Waals surface area (Å²) in [5.41, 5.74) is 0. The van der Waals surface area contributed by atoms with Crippen LogP contribution in [0.25, 0.3) is 0 Å². The first-order valence-electron chi connectivity index (χ1n) is 7.04. The molecule has 0 atom stereocenters. The van der Waals surface area contributed by atoms with Crippen LogP contribution in [0.1, 0.15) is 0 Å². The summed E-state index contributed by atoms with van der Waals surface area (Å²) in [6.45, 7) is 0.630. The Kier molecular flexibility index (Phi) is 6.51. The fraction of sp³-hybridized carbons (Fsp3) is 0.250. The monoisotopic (exact) mass is 433 g/mol. The number of nitrogens with zero attached hydrogens (tertiary/aromatic N) is 1. The molecule has 0 spiro atoms. The molecule has 2 aromatic carbocycles. The molecular weight excluding hydrogens is 418 g/mol. The molecule has 0 saturated heterocycles. The van der Waals surface area contributed by atoms with Gasteiger partial charge in [-0.2, -0.15) is 0 Å². The SMILES string of the molecule is CN(C)S(=O)(=O)c1ccc(OCCOc2ccc(Br)cc2Cl)cc1. The van der Waals surface area contributed by atoms with Gasteiger partial charge >= 0.3 is 0 Å². The largest absolute Gasteiger partial charge is 0.490 e. The smallest absolute Gasteiger partial charge is 0.242 e. The van der Waals surface area contributed by atoms with Gasteiger partial charge in [0.25, 0.3) is 0 Å². The van der Waals surface area contributed by atoms with Crippen molar-refractivity contribution in [3.05, 3.63) is 52.0 Å². The lowest BCUT2D eigenvalue weighted by molar-refractivity contribution is 0.217. The topological polar surface area (TPSA) is 55.8 Å². The normalized spacial score (nSPS) is 11.5. The lowest BCUT2D eigenvalue weighted by Crippen LogP contribution is -2.22. The van der Waals surface area contributed by atoms with Gasteiger partial charge in [-0.05, 0) is 42.5 Å². The van der Waals surface area contributed by atoms with Crippen molar-refractivity contribution in [1.82, 2.24) is 4.31 Å². The molecule has 0 fully saturated rings. The summed E-state index contributed by atoms with van der Waals surface area (Å²) in [7, 11) is -0.448. The molecule has 24 heavy (non-hydrogen) atoms. The first kappa shape index (κ1) is 19.1. The molecule has 2 aromatic rings. The number of hydrogen-bond donors (Lipinski definition) is 0. The van der Waals surface area contributed by atoms with Gasteiger partial charge in [0.1, 0.15) is 24.7 Å². The van der Waals surface area contributed by atoms with Crippen molar-refractivity contribution in [2.24, 2.45) is 0 Å². The van der Waals surface area contributed by atoms with Crippen molar-refractivity contribution < 1.29 is 17.9 Å². The Balaban J connectivity index is 1.87. The third-order valence-corrected chi connectivity index (χ3v) is 5.72. The maximum absolute atomic E-state index is 12.0. The van der Waals surface area contributed by atoms with Crippen LogP contribution in [0.3, 0.4) is 0 Å². The second-order valence-corrected chi connectivity index (χ2v) is 8.51. The highest BCUT2D eigenvalue weighted by Gasteiger charge is 2.16. The molecule has 0 unspecified atom stereocenters. The van der Waals surface area contributed by atoms with Crippen LogP contribution < -0.4 is 9.47 Å². The van der Waals surface area contributed by atoms with E-state index in [0.717, 1.165) is 4.47 Å². The Morgan fingerprint density at radius 1 is 1.04 bits per heavy atom. The summed E-state index contributed by atoms with van der Waals surface area (Å²) in [5.74, 6) is 1.15. The van der Waals surface area contributed by atoms with Gasteiger partial charge in [-0.3, -0.25) is 0 Å². The maximum Gasteiger partial charge on any atom is 0.242 e. The van der Waals surface area contributed by atoms with Gasteiger partial charge in [0, 0.05) is 18.6 Å². The number of sulfonamides is 1. The van der Waals surface area contributed by atoms with Gasteiger partial charge in [-0.15, -0.1) is 0 Å². The van der Waals surface area contributed by atoms with Gasteiger partial charge in [-0.1, -0.05) is 27.5 Å². The third kappa shape index (κ3) is 4.86. The molecular formula is C16H17BrClNO4S. The highest BCUT2D eigenvalue weighted by atomic mass is 79.9. The van der Waals surface area contributed by atoms with Crippen LogP contribution in [0.15, 0.2) is 51.8 Å². The molecule has 0 aliphatic rings. The van der Waals surface area contributed by atoms with Gasteiger partial charge in [0.15, 0.2) is 0 Å². The van der Waals surface area contributed by atoms with E-state index in [9.17, 15) is 8.42 Å². The first-order valence-corrected chi connectivity index (χ1v) is 9.65. The van der Waals surface area contributed by atoms with E-state index < -0.39 is 10.0 Å². The van der Waals surface area contributed by atoms with Crippen LogP contribution >= 0.6 is 27.5 Å². The minimum absolute atomic E-state index is 0.220. The summed E-state index contributed by atoms with van der Waals surface area (Å²) in [6.07, 6.45) is 0. The Bertz CT molecular complexity index is 794. The average Bonchev–Trinajstić information content (AvgIpc) is 2.53. The van der Waals surface area contributed by atoms with E-state index in [1.807, 2.05) is 6.07 Å². The molecule has 0 aromatic heterocycles. The molecule has 5 nitrogen and oxygen atoms in total. The number of rotatable bonds is 7. The van der Waals surface area contributed by atoms with Crippen molar-refractivity contribution in [3.8, 4) is 11.5 Å². The lowest BCUT2D eigenvalue weighted by atomic mass is 10.3. The Hall–Kier alpha value is -1.28. The number of benzene rings is 2. The van der Waals surface area contributed by atoms with E-state index >= 15 is 0 Å². The van der Waals surface area contributed by atoms with Gasteiger partial charge in [-0.25, -0.2) is 12.7 Å². The summed E-state index contributed by atoms with van der Waals surface area (Å²) in [5, 5.41) is 0.516. The quantitative estimate of drug-likeness (QED) is 0.622. The summed E-state index contributed by atoms with van der Waals surface area (Å²) in [4.78, 5) is 0.220. The van der Waals surface area contributed by atoms with Crippen LogP contribution in [-0.4, -0.2) is 40.0 Å². The zero-order chi connectivity index (χ0) is 17.7. The number of halogens is 2. The van der Waals surface area contributed by atoms with Crippen molar-refractivity contribution >= 4 is 37.6 Å². The Morgan fingerprint density at radius 3 is 2.25 bits per heavy atom. The molecule has 0 saturated carbocycles. The van der Waals surface area contributed by atoms with Crippen LogP contribution in [0.4, 0.5) is 0 Å². The van der Waals surface area contributed by atoms with E-state index in [1.165, 1.54) is 30.5 Å². The van der Waals surface area contributed by atoms with E-state index in [2.05, 4.69) is 15.9 Å². The van der Waals surface area contributed by atoms with E-state index in [0.29, 0.717) is 29.7 Å². The fourth-order valence-electron chi connectivity index (χ4n) is 1.82. The standard InChI is InChI=1S/C16H17BrClNO4S/c1-19(2)24(20,21)14-6-4-13(5-7-14)22-9-10-23-16-8-3-12(17)11-15(16)18/h3-8,11H,9-10H2,1-2H3. The highest BCUT2D eigenvalue weighted by molar-refractivity contribution is 9.10. The van der Waals surface area contributed by atoms with Crippen molar-refractivity contribution in [3.63, 3.8) is 0 Å². The predicted octanol–water partition coefficient (Wildman–Crippen LogP) is 3.81. The van der Waals surface area contributed by atoms with Gasteiger partial charge in [0.2, 0.25) is 10.0 Å². The Labute approximate surface area is 155 Å². The third-order valence-electron chi connectivity index (χ3n) is 3.11. The van der Waals surface area contributed by atoms with E-state index in [1.54, 1.807) is 24.3 Å². The predicted molar refractivity (Wildman–Crippen MR) is 97.5 cm³/mol. The zero-order valence-electron chi connectivity index (χ0n) is 13.2. The minimum atomic E-state index is -3.43. The van der Waals surface area contributed by atoms with Gasteiger partial charge in [0.05, 0.1) is 9.92 Å². The summed E-state index contributed by atoms with van der Waals surface area (Å²) < 4.78 is 37.1. The van der Waals surface area contributed by atoms with Crippen LogP contribution in [0, 0.1) is 0 Å². The average molecular weight is 435 g/mol. The molecule has 0 aliphatic heterocycles. The summed E-state index contributed by atoms with van der Waals surface area (Å²) >= 11 is 9.38. The lowest BCUT2D eigenvalue weighted by Gasteiger charge is -2.12. The fourth-order valence-corrected chi connectivity index (χ4v) is 3.45. The van der Waals surface area contributed by atoms with Crippen molar-refractivity contribution in [2.75, 3.05) is 27.3 Å². The number of ether oxygens (including phenoxy) is 2. The molecule has 130 valence electrons. The van der Waals surface area contributed by atoms with Gasteiger partial charge < -0.3 is 9.47 Å². The van der Waals surface area contributed by atoms with Crippen molar-refractivity contribution in [2.45, 2.75) is 4.90 Å². The first-order chi connectivity index (χ1) is 11.3.